The zero-order valence-electron chi connectivity index (χ0n) is 8.08. The standard InChI is InChI=1S/C10H8N2O4/c11-12-6-10(8(13)14,9(15)16)7-4-2-1-3-5-7/h1-6,11H,(H-,13,14,15,16). The average Bonchev–Trinajstić information content (AvgIpc) is 2.26. The van der Waals surface area contributed by atoms with Crippen LogP contribution in [0.3, 0.4) is 0 Å². The molecule has 1 rings (SSSR count). The van der Waals surface area contributed by atoms with Gasteiger partial charge in [0.25, 0.3) is 0 Å². The molecule has 6 heteroatoms. The van der Waals surface area contributed by atoms with Gasteiger partial charge in [-0.2, -0.15) is 0 Å². The Morgan fingerprint density at radius 1 is 1.38 bits per heavy atom. The molecule has 6 nitrogen and oxygen atoms in total. The zero-order valence-corrected chi connectivity index (χ0v) is 8.08. The maximum atomic E-state index is 11.1. The van der Waals surface area contributed by atoms with E-state index < -0.39 is 17.4 Å². The van der Waals surface area contributed by atoms with E-state index in [0.29, 0.717) is 6.21 Å². The maximum absolute atomic E-state index is 11.1. The van der Waals surface area contributed by atoms with Crippen molar-refractivity contribution in [3.05, 3.63) is 35.9 Å². The van der Waals surface area contributed by atoms with E-state index in [2.05, 4.69) is 4.79 Å². The zero-order chi connectivity index (χ0) is 12.2. The van der Waals surface area contributed by atoms with Gasteiger partial charge in [-0.1, -0.05) is 30.3 Å². The molecule has 0 aromatic heterocycles. The molecule has 1 atom stereocenters. The van der Waals surface area contributed by atoms with Gasteiger partial charge in [-0.05, 0) is 5.56 Å². The summed E-state index contributed by atoms with van der Waals surface area (Å²) < 4.78 is 0. The molecular weight excluding hydrogens is 212 g/mol. The summed E-state index contributed by atoms with van der Waals surface area (Å²) in [6.07, 6.45) is 0.528. The highest BCUT2D eigenvalue weighted by Crippen LogP contribution is 2.21. The van der Waals surface area contributed by atoms with Gasteiger partial charge in [0, 0.05) is 4.79 Å². The van der Waals surface area contributed by atoms with E-state index in [9.17, 15) is 14.7 Å². The lowest BCUT2D eigenvalue weighted by atomic mass is 9.82. The van der Waals surface area contributed by atoms with Gasteiger partial charge in [0.1, 0.15) is 0 Å². The van der Waals surface area contributed by atoms with Gasteiger partial charge in [0.15, 0.2) is 0 Å². The second-order valence-corrected chi connectivity index (χ2v) is 3.02. The first kappa shape index (κ1) is 11.6. The summed E-state index contributed by atoms with van der Waals surface area (Å²) in [7, 11) is 0. The van der Waals surface area contributed by atoms with Crippen molar-refractivity contribution in [1.82, 2.24) is 0 Å². The lowest BCUT2D eigenvalue weighted by Crippen LogP contribution is -2.53. The Balaban J connectivity index is 3.51. The molecule has 0 heterocycles. The van der Waals surface area contributed by atoms with E-state index >= 15 is 0 Å². The van der Waals surface area contributed by atoms with Crippen LogP contribution in [0.5, 0.6) is 0 Å². The van der Waals surface area contributed by atoms with Crippen molar-refractivity contribution in [2.75, 3.05) is 0 Å². The number of carbonyl (C=O) groups excluding carboxylic acids is 1. The second-order valence-electron chi connectivity index (χ2n) is 3.02. The average molecular weight is 220 g/mol. The van der Waals surface area contributed by atoms with Crippen LogP contribution in [0.2, 0.25) is 0 Å². The summed E-state index contributed by atoms with van der Waals surface area (Å²) in [5.41, 5.74) is 4.18. The molecule has 0 fully saturated rings. The van der Waals surface area contributed by atoms with Crippen LogP contribution < -0.4 is 5.11 Å². The highest BCUT2D eigenvalue weighted by atomic mass is 16.4. The van der Waals surface area contributed by atoms with Crippen LogP contribution in [0.4, 0.5) is 0 Å². The topological polar surface area (TPSA) is 115 Å². The fourth-order valence-corrected chi connectivity index (χ4v) is 1.31. The number of nitrogens with zero attached hydrogens (tertiary/aromatic N) is 1. The van der Waals surface area contributed by atoms with Gasteiger partial charge >= 0.3 is 12.2 Å². The first-order valence-corrected chi connectivity index (χ1v) is 4.27. The molecule has 1 unspecified atom stereocenters. The van der Waals surface area contributed by atoms with E-state index in [0.717, 1.165) is 0 Å². The Labute approximate surface area is 90.4 Å². The van der Waals surface area contributed by atoms with Crippen molar-refractivity contribution in [3.8, 4) is 0 Å². The summed E-state index contributed by atoms with van der Waals surface area (Å²) >= 11 is 0. The molecule has 2 N–H and O–H groups in total. The number of carbonyl (C=O) groups is 2. The first-order valence-electron chi connectivity index (χ1n) is 4.27. The molecule has 1 aromatic rings. The third-order valence-corrected chi connectivity index (χ3v) is 2.15. The van der Waals surface area contributed by atoms with Crippen molar-refractivity contribution in [1.29, 1.82) is 5.53 Å². The van der Waals surface area contributed by atoms with Crippen LogP contribution in [-0.2, 0) is 15.0 Å². The largest absolute Gasteiger partial charge is 0.548 e. The quantitative estimate of drug-likeness (QED) is 0.295. The van der Waals surface area contributed by atoms with Crippen molar-refractivity contribution in [2.24, 2.45) is 0 Å². The number of nitrogens with one attached hydrogen (secondary N) is 1. The molecule has 82 valence electrons. The predicted octanol–water partition coefficient (Wildman–Crippen LogP) is -0.931. The molecule has 0 aliphatic heterocycles. The van der Waals surface area contributed by atoms with Crippen molar-refractivity contribution >= 4 is 18.2 Å². The minimum Gasteiger partial charge on any atom is -0.548 e. The number of hydrogen-bond donors (Lipinski definition) is 2. The molecule has 0 aliphatic rings. The van der Waals surface area contributed by atoms with Crippen LogP contribution in [0.25, 0.3) is 0 Å². The summed E-state index contributed by atoms with van der Waals surface area (Å²) in [6, 6.07) is 7.25. The highest BCUT2D eigenvalue weighted by molar-refractivity contribution is 6.18. The SMILES string of the molecule is N=[N+]=CC(C(=O)[O-])(C(=O)O)c1ccccc1. The molecule has 0 amide bonds. The number of hydrogen-bond acceptors (Lipinski definition) is 4. The molecular formula is C10H8N2O4. The van der Waals surface area contributed by atoms with E-state index in [-0.39, 0.29) is 5.56 Å². The molecule has 0 aliphatic carbocycles. The van der Waals surface area contributed by atoms with Crippen LogP contribution in [0.15, 0.2) is 30.3 Å². The predicted molar refractivity (Wildman–Crippen MR) is 49.8 cm³/mol. The third-order valence-electron chi connectivity index (χ3n) is 2.15. The second kappa shape index (κ2) is 4.37. The number of aliphatic carboxylic acids is 2. The number of rotatable bonds is 4. The fraction of sp³-hybridized carbons (Fsp3) is 0.100. The summed E-state index contributed by atoms with van der Waals surface area (Å²) in [4.78, 5) is 24.8. The molecule has 0 saturated carbocycles. The summed E-state index contributed by atoms with van der Waals surface area (Å²) in [6.45, 7) is 0. The van der Waals surface area contributed by atoms with Crippen molar-refractivity contribution in [3.63, 3.8) is 0 Å². The van der Waals surface area contributed by atoms with Crippen LogP contribution in [-0.4, -0.2) is 28.0 Å². The van der Waals surface area contributed by atoms with Gasteiger partial charge in [-0.3, -0.25) is 4.79 Å². The highest BCUT2D eigenvalue weighted by Gasteiger charge is 2.46. The number of carboxylic acid groups (broad SMARTS) is 2. The summed E-state index contributed by atoms with van der Waals surface area (Å²) in [5.74, 6) is -3.48. The number of carboxylic acids is 2. The Bertz CT molecular complexity index is 443. The first-order chi connectivity index (χ1) is 7.55. The molecule has 0 radical (unpaired) electrons. The molecule has 0 spiro atoms. The van der Waals surface area contributed by atoms with Gasteiger partial charge in [0.05, 0.1) is 11.5 Å². The lowest BCUT2D eigenvalue weighted by Gasteiger charge is -2.21. The van der Waals surface area contributed by atoms with Crippen molar-refractivity contribution in [2.45, 2.75) is 5.41 Å². The van der Waals surface area contributed by atoms with Gasteiger partial charge in [0.2, 0.25) is 5.41 Å². The molecule has 1 aromatic carbocycles. The number of benzene rings is 1. The normalized spacial score (nSPS) is 13.2. The van der Waals surface area contributed by atoms with Crippen molar-refractivity contribution < 1.29 is 24.6 Å². The van der Waals surface area contributed by atoms with Crippen LogP contribution in [0, 0.1) is 5.53 Å². The fourth-order valence-electron chi connectivity index (χ4n) is 1.31. The van der Waals surface area contributed by atoms with Crippen LogP contribution >= 0.6 is 0 Å². The monoisotopic (exact) mass is 220 g/mol. The summed E-state index contributed by atoms with van der Waals surface area (Å²) in [5, 5.41) is 20.0. The minimum atomic E-state index is -2.41. The lowest BCUT2D eigenvalue weighted by molar-refractivity contribution is -0.310. The third kappa shape index (κ3) is 1.69. The molecule has 16 heavy (non-hydrogen) atoms. The van der Waals surface area contributed by atoms with E-state index in [4.69, 9.17) is 10.6 Å². The Morgan fingerprint density at radius 3 is 2.31 bits per heavy atom. The van der Waals surface area contributed by atoms with E-state index in [1.807, 2.05) is 0 Å². The van der Waals surface area contributed by atoms with E-state index in [1.54, 1.807) is 6.07 Å². The Morgan fingerprint density at radius 2 is 1.94 bits per heavy atom. The molecule has 0 saturated heterocycles. The Hall–Kier alpha value is -2.46. The van der Waals surface area contributed by atoms with Gasteiger partial charge < -0.3 is 15.0 Å². The van der Waals surface area contributed by atoms with Gasteiger partial charge in [-0.25, -0.2) is 0 Å². The Kier molecular flexibility index (Phi) is 3.17. The van der Waals surface area contributed by atoms with Gasteiger partial charge in [-0.15, -0.1) is 0 Å². The van der Waals surface area contributed by atoms with E-state index in [1.165, 1.54) is 24.3 Å². The molecule has 0 bridgehead atoms. The minimum absolute atomic E-state index is 0.0153. The van der Waals surface area contributed by atoms with Crippen LogP contribution in [0.1, 0.15) is 5.56 Å². The maximum Gasteiger partial charge on any atom is 0.334 e. The smallest absolute Gasteiger partial charge is 0.334 e.